The summed E-state index contributed by atoms with van der Waals surface area (Å²) in [6.07, 6.45) is 8.73. The van der Waals surface area contributed by atoms with Gasteiger partial charge in [-0.1, -0.05) is 58.1 Å². The van der Waals surface area contributed by atoms with Gasteiger partial charge in [0.25, 0.3) is 0 Å². The van der Waals surface area contributed by atoms with E-state index in [1.807, 2.05) is 12.1 Å². The second-order valence-corrected chi connectivity index (χ2v) is 5.20. The molecule has 1 rings (SSSR count). The predicted octanol–water partition coefficient (Wildman–Crippen LogP) is 4.84. The fourth-order valence-electron chi connectivity index (χ4n) is 2.14. The Labute approximate surface area is 118 Å². The molecular formula is C17H29NO. The van der Waals surface area contributed by atoms with E-state index in [4.69, 9.17) is 10.5 Å². The third-order valence-corrected chi connectivity index (χ3v) is 3.49. The first kappa shape index (κ1) is 16.0. The molecule has 0 fully saturated rings. The lowest BCUT2D eigenvalue weighted by molar-refractivity contribution is 0.304. The third-order valence-electron chi connectivity index (χ3n) is 3.49. The zero-order valence-corrected chi connectivity index (χ0v) is 12.5. The molecular weight excluding hydrogens is 234 g/mol. The average Bonchev–Trinajstić information content (AvgIpc) is 2.46. The first-order chi connectivity index (χ1) is 9.27. The fraction of sp³-hybridized carbons (Fsp3) is 0.647. The summed E-state index contributed by atoms with van der Waals surface area (Å²) < 4.78 is 5.79. The minimum absolute atomic E-state index is 0.123. The lowest BCUT2D eigenvalue weighted by atomic mass is 10.1. The van der Waals surface area contributed by atoms with Gasteiger partial charge in [0.2, 0.25) is 0 Å². The standard InChI is InChI=1S/C17H29NO/c1-3-5-6-7-8-9-13-19-16-12-10-11-15(14-16)17(18)4-2/h10-12,14,17H,3-9,13,18H2,1-2H3. The molecule has 0 spiro atoms. The van der Waals surface area contributed by atoms with Gasteiger partial charge in [-0.25, -0.2) is 0 Å². The number of hydrogen-bond acceptors (Lipinski definition) is 2. The van der Waals surface area contributed by atoms with Gasteiger partial charge in [-0.05, 0) is 30.5 Å². The molecule has 0 saturated heterocycles. The summed E-state index contributed by atoms with van der Waals surface area (Å²) in [5.74, 6) is 0.954. The summed E-state index contributed by atoms with van der Waals surface area (Å²) in [6.45, 7) is 5.17. The summed E-state index contributed by atoms with van der Waals surface area (Å²) in [5, 5.41) is 0. The maximum Gasteiger partial charge on any atom is 0.119 e. The van der Waals surface area contributed by atoms with E-state index >= 15 is 0 Å². The normalized spacial score (nSPS) is 12.4. The highest BCUT2D eigenvalue weighted by atomic mass is 16.5. The summed E-state index contributed by atoms with van der Waals surface area (Å²) in [7, 11) is 0. The summed E-state index contributed by atoms with van der Waals surface area (Å²) in [5.41, 5.74) is 7.20. The molecule has 0 saturated carbocycles. The van der Waals surface area contributed by atoms with Gasteiger partial charge in [-0.15, -0.1) is 0 Å². The van der Waals surface area contributed by atoms with Crippen LogP contribution >= 0.6 is 0 Å². The van der Waals surface area contributed by atoms with E-state index in [2.05, 4.69) is 26.0 Å². The van der Waals surface area contributed by atoms with Crippen LogP contribution in [0, 0.1) is 0 Å². The van der Waals surface area contributed by atoms with Crippen molar-refractivity contribution < 1.29 is 4.74 Å². The highest BCUT2D eigenvalue weighted by molar-refractivity contribution is 5.30. The molecule has 1 unspecified atom stereocenters. The lowest BCUT2D eigenvalue weighted by Gasteiger charge is -2.11. The van der Waals surface area contributed by atoms with Gasteiger partial charge < -0.3 is 10.5 Å². The van der Waals surface area contributed by atoms with Crippen molar-refractivity contribution in [1.82, 2.24) is 0 Å². The molecule has 0 bridgehead atoms. The quantitative estimate of drug-likeness (QED) is 0.613. The molecule has 2 heteroatoms. The zero-order valence-electron chi connectivity index (χ0n) is 12.5. The molecule has 19 heavy (non-hydrogen) atoms. The average molecular weight is 263 g/mol. The molecule has 0 aliphatic carbocycles. The van der Waals surface area contributed by atoms with Gasteiger partial charge >= 0.3 is 0 Å². The van der Waals surface area contributed by atoms with Crippen LogP contribution in [0.25, 0.3) is 0 Å². The minimum atomic E-state index is 0.123. The van der Waals surface area contributed by atoms with Crippen LogP contribution in [0.15, 0.2) is 24.3 Å². The maximum atomic E-state index is 6.03. The Morgan fingerprint density at radius 2 is 1.79 bits per heavy atom. The van der Waals surface area contributed by atoms with Crippen molar-refractivity contribution in [2.75, 3.05) is 6.61 Å². The van der Waals surface area contributed by atoms with Crippen LogP contribution in [-0.2, 0) is 0 Å². The van der Waals surface area contributed by atoms with Crippen molar-refractivity contribution in [3.05, 3.63) is 29.8 Å². The highest BCUT2D eigenvalue weighted by Crippen LogP contribution is 2.20. The molecule has 2 N–H and O–H groups in total. The Balaban J connectivity index is 2.22. The van der Waals surface area contributed by atoms with E-state index in [-0.39, 0.29) is 6.04 Å². The maximum absolute atomic E-state index is 6.03. The van der Waals surface area contributed by atoms with E-state index in [0.29, 0.717) is 0 Å². The molecule has 1 aromatic rings. The second kappa shape index (κ2) is 9.85. The van der Waals surface area contributed by atoms with Gasteiger partial charge in [-0.2, -0.15) is 0 Å². The first-order valence-corrected chi connectivity index (χ1v) is 7.76. The van der Waals surface area contributed by atoms with Crippen molar-refractivity contribution in [3.63, 3.8) is 0 Å². The number of nitrogens with two attached hydrogens (primary N) is 1. The second-order valence-electron chi connectivity index (χ2n) is 5.20. The molecule has 0 aliphatic rings. The van der Waals surface area contributed by atoms with Crippen LogP contribution in [0.2, 0.25) is 0 Å². The molecule has 2 nitrogen and oxygen atoms in total. The molecule has 0 amide bonds. The largest absolute Gasteiger partial charge is 0.494 e. The number of hydrogen-bond donors (Lipinski definition) is 1. The van der Waals surface area contributed by atoms with E-state index in [9.17, 15) is 0 Å². The molecule has 0 radical (unpaired) electrons. The zero-order chi connectivity index (χ0) is 13.9. The van der Waals surface area contributed by atoms with Crippen LogP contribution in [0.4, 0.5) is 0 Å². The number of ether oxygens (including phenoxy) is 1. The van der Waals surface area contributed by atoms with Gasteiger partial charge in [0, 0.05) is 6.04 Å². The Morgan fingerprint density at radius 1 is 1.05 bits per heavy atom. The third kappa shape index (κ3) is 6.63. The Hall–Kier alpha value is -1.02. The van der Waals surface area contributed by atoms with Crippen LogP contribution in [0.3, 0.4) is 0 Å². The number of rotatable bonds is 10. The number of benzene rings is 1. The van der Waals surface area contributed by atoms with E-state index < -0.39 is 0 Å². The van der Waals surface area contributed by atoms with Crippen molar-refractivity contribution in [3.8, 4) is 5.75 Å². The van der Waals surface area contributed by atoms with Crippen LogP contribution in [-0.4, -0.2) is 6.61 Å². The molecule has 0 aliphatic heterocycles. The monoisotopic (exact) mass is 263 g/mol. The Kier molecular flexibility index (Phi) is 8.31. The van der Waals surface area contributed by atoms with Gasteiger partial charge in [0.15, 0.2) is 0 Å². The lowest BCUT2D eigenvalue weighted by Crippen LogP contribution is -2.08. The van der Waals surface area contributed by atoms with E-state index in [1.54, 1.807) is 0 Å². The first-order valence-electron chi connectivity index (χ1n) is 7.76. The minimum Gasteiger partial charge on any atom is -0.494 e. The van der Waals surface area contributed by atoms with Crippen molar-refractivity contribution in [2.24, 2.45) is 5.73 Å². The Bertz CT molecular complexity index is 338. The van der Waals surface area contributed by atoms with Gasteiger partial charge in [0.05, 0.1) is 6.61 Å². The van der Waals surface area contributed by atoms with Crippen molar-refractivity contribution >= 4 is 0 Å². The molecule has 0 aromatic heterocycles. The smallest absolute Gasteiger partial charge is 0.119 e. The van der Waals surface area contributed by atoms with Crippen molar-refractivity contribution in [1.29, 1.82) is 0 Å². The van der Waals surface area contributed by atoms with Crippen LogP contribution in [0.5, 0.6) is 5.75 Å². The fourth-order valence-corrected chi connectivity index (χ4v) is 2.14. The summed E-state index contributed by atoms with van der Waals surface area (Å²) in [4.78, 5) is 0. The van der Waals surface area contributed by atoms with E-state index in [1.165, 1.54) is 37.7 Å². The molecule has 108 valence electrons. The summed E-state index contributed by atoms with van der Waals surface area (Å²) in [6, 6.07) is 8.32. The highest BCUT2D eigenvalue weighted by Gasteiger charge is 2.04. The Morgan fingerprint density at radius 3 is 2.53 bits per heavy atom. The van der Waals surface area contributed by atoms with Gasteiger partial charge in [0.1, 0.15) is 5.75 Å². The van der Waals surface area contributed by atoms with Crippen LogP contribution in [0.1, 0.15) is 70.4 Å². The molecule has 1 aromatic carbocycles. The predicted molar refractivity (Wildman–Crippen MR) is 82.5 cm³/mol. The molecule has 1 atom stereocenters. The van der Waals surface area contributed by atoms with E-state index in [0.717, 1.165) is 25.2 Å². The van der Waals surface area contributed by atoms with Crippen molar-refractivity contribution in [2.45, 2.75) is 64.8 Å². The summed E-state index contributed by atoms with van der Waals surface area (Å²) >= 11 is 0. The van der Waals surface area contributed by atoms with Gasteiger partial charge in [-0.3, -0.25) is 0 Å². The van der Waals surface area contributed by atoms with Crippen LogP contribution < -0.4 is 10.5 Å². The topological polar surface area (TPSA) is 35.2 Å². The number of unbranched alkanes of at least 4 members (excludes halogenated alkanes) is 5. The molecule has 0 heterocycles. The SMILES string of the molecule is CCCCCCCCOc1cccc(C(N)CC)c1.